The number of hydrogen-bond donors (Lipinski definition) is 2. The maximum Gasteiger partial charge on any atom is 0.165 e. The van der Waals surface area contributed by atoms with E-state index in [1.165, 1.54) is 11.1 Å². The molecule has 2 N–H and O–H groups in total. The Labute approximate surface area is 172 Å². The second kappa shape index (κ2) is 5.19. The minimum Gasteiger partial charge on any atom is -0.504 e. The zero-order chi connectivity index (χ0) is 20.4. The van der Waals surface area contributed by atoms with E-state index in [1.54, 1.807) is 13.2 Å². The highest BCUT2D eigenvalue weighted by Crippen LogP contribution is 2.75. The van der Waals surface area contributed by atoms with Crippen LogP contribution in [0.1, 0.15) is 44.2 Å². The maximum absolute atomic E-state index is 11.5. The van der Waals surface area contributed by atoms with Crippen LogP contribution in [-0.4, -0.2) is 59.2 Å². The number of ether oxygens (including phenoxy) is 2. The van der Waals surface area contributed by atoms with Crippen LogP contribution in [0.5, 0.6) is 11.5 Å². The van der Waals surface area contributed by atoms with Crippen LogP contribution >= 0.6 is 0 Å². The lowest BCUT2D eigenvalue weighted by Crippen LogP contribution is -2.80. The molecule has 0 amide bonds. The average molecular weight is 398 g/mol. The van der Waals surface area contributed by atoms with E-state index >= 15 is 0 Å². The van der Waals surface area contributed by atoms with Crippen molar-refractivity contribution in [2.24, 2.45) is 11.3 Å². The van der Waals surface area contributed by atoms with Gasteiger partial charge in [0.05, 0.1) is 11.0 Å². The Kier molecular flexibility index (Phi) is 3.26. The highest BCUT2D eigenvalue weighted by Gasteiger charge is 2.80. The van der Waals surface area contributed by atoms with Crippen molar-refractivity contribution in [2.75, 3.05) is 20.7 Å². The molecule has 1 unspecified atom stereocenters. The molecule has 0 aromatic heterocycles. The summed E-state index contributed by atoms with van der Waals surface area (Å²) in [5, 5.41) is 22.2. The molecule has 4 bridgehead atoms. The summed E-state index contributed by atoms with van der Waals surface area (Å²) in [7, 11) is 3.98. The molecule has 29 heavy (non-hydrogen) atoms. The number of aliphatic hydroxyl groups is 1. The van der Waals surface area contributed by atoms with Crippen LogP contribution in [0.3, 0.4) is 0 Å². The van der Waals surface area contributed by atoms with Crippen molar-refractivity contribution in [2.45, 2.75) is 68.3 Å². The number of rotatable bonds is 3. The Morgan fingerprint density at radius 1 is 1.34 bits per heavy atom. The number of benzene rings is 1. The quantitative estimate of drug-likeness (QED) is 0.768. The monoisotopic (exact) mass is 397 g/mol. The summed E-state index contributed by atoms with van der Waals surface area (Å²) in [5.41, 5.74) is 0.614. The molecule has 1 aromatic carbocycles. The van der Waals surface area contributed by atoms with Crippen LogP contribution in [0, 0.1) is 11.3 Å². The van der Waals surface area contributed by atoms with Crippen LogP contribution in [-0.2, 0) is 16.6 Å². The number of hydrogen-bond acceptors (Lipinski definition) is 5. The molecule has 5 nitrogen and oxygen atoms in total. The third-order valence-electron chi connectivity index (χ3n) is 9.54. The SMILES string of the molecule is CC[C@@](C)(O)C1C[C@@]23C=C[C@]1(OC)[C@@H]1Oc4c(O)ccc5c4[C@@]12CCN(C)[C@@H]3C5. The molecule has 5 heteroatoms. The number of likely N-dealkylation sites (tertiary alicyclic amines) is 1. The summed E-state index contributed by atoms with van der Waals surface area (Å²) < 4.78 is 13.0. The number of phenols is 1. The van der Waals surface area contributed by atoms with Gasteiger partial charge in [0.2, 0.25) is 0 Å². The Morgan fingerprint density at radius 3 is 2.86 bits per heavy atom. The van der Waals surface area contributed by atoms with Crippen molar-refractivity contribution in [3.05, 3.63) is 35.4 Å². The summed E-state index contributed by atoms with van der Waals surface area (Å²) in [6, 6.07) is 4.22. The van der Waals surface area contributed by atoms with E-state index in [0.717, 1.165) is 25.8 Å². The normalized spacial score (nSPS) is 45.6. The zero-order valence-electron chi connectivity index (χ0n) is 17.7. The van der Waals surface area contributed by atoms with Crippen molar-refractivity contribution < 1.29 is 19.7 Å². The third kappa shape index (κ3) is 1.70. The Bertz CT molecular complexity index is 941. The molecular weight excluding hydrogens is 366 g/mol. The molecule has 2 fully saturated rings. The van der Waals surface area contributed by atoms with Gasteiger partial charge in [0.25, 0.3) is 0 Å². The van der Waals surface area contributed by atoms with Gasteiger partial charge in [0.15, 0.2) is 11.5 Å². The van der Waals surface area contributed by atoms with E-state index in [0.29, 0.717) is 18.2 Å². The first-order valence-electron chi connectivity index (χ1n) is 11.0. The lowest BCUT2D eigenvalue weighted by molar-refractivity contribution is -0.246. The van der Waals surface area contributed by atoms with Gasteiger partial charge in [-0.05, 0) is 57.8 Å². The van der Waals surface area contributed by atoms with Gasteiger partial charge in [0, 0.05) is 30.0 Å². The van der Waals surface area contributed by atoms with Gasteiger partial charge in [-0.3, -0.25) is 0 Å². The highest BCUT2D eigenvalue weighted by molar-refractivity contribution is 5.65. The number of phenolic OH excluding ortho intramolecular Hbond substituents is 1. The molecule has 0 radical (unpaired) electrons. The fraction of sp³-hybridized carbons (Fsp3) is 0.667. The molecule has 2 spiro atoms. The largest absolute Gasteiger partial charge is 0.504 e. The van der Waals surface area contributed by atoms with E-state index in [1.807, 2.05) is 13.8 Å². The molecule has 156 valence electrons. The first-order valence-corrected chi connectivity index (χ1v) is 11.0. The fourth-order valence-corrected chi connectivity index (χ4v) is 8.01. The Balaban J connectivity index is 1.69. The zero-order valence-corrected chi connectivity index (χ0v) is 17.7. The molecule has 2 heterocycles. The molecule has 7 atom stereocenters. The number of piperidine rings is 1. The molecule has 1 aromatic rings. The molecule has 2 aliphatic heterocycles. The number of aromatic hydroxyl groups is 1. The van der Waals surface area contributed by atoms with Crippen LogP contribution in [0.15, 0.2) is 24.3 Å². The lowest BCUT2D eigenvalue weighted by atomic mass is 9.36. The summed E-state index contributed by atoms with van der Waals surface area (Å²) in [6.45, 7) is 5.00. The Morgan fingerprint density at radius 2 is 2.14 bits per heavy atom. The van der Waals surface area contributed by atoms with Gasteiger partial charge in [-0.25, -0.2) is 0 Å². The molecule has 7 rings (SSSR count). The van der Waals surface area contributed by atoms with Crippen molar-refractivity contribution in [3.63, 3.8) is 0 Å². The number of nitrogens with zero attached hydrogens (tertiary/aromatic N) is 1. The summed E-state index contributed by atoms with van der Waals surface area (Å²) >= 11 is 0. The van der Waals surface area contributed by atoms with E-state index in [9.17, 15) is 10.2 Å². The van der Waals surface area contributed by atoms with Gasteiger partial charge >= 0.3 is 0 Å². The second-order valence-electron chi connectivity index (χ2n) is 10.3. The minimum absolute atomic E-state index is 0.0693. The van der Waals surface area contributed by atoms with Crippen LogP contribution in [0.2, 0.25) is 0 Å². The van der Waals surface area contributed by atoms with Crippen molar-refractivity contribution in [1.82, 2.24) is 4.90 Å². The van der Waals surface area contributed by atoms with E-state index in [-0.39, 0.29) is 28.6 Å². The van der Waals surface area contributed by atoms with Gasteiger partial charge in [0.1, 0.15) is 11.7 Å². The molecule has 1 saturated carbocycles. The van der Waals surface area contributed by atoms with Crippen LogP contribution in [0.4, 0.5) is 0 Å². The smallest absolute Gasteiger partial charge is 0.165 e. The highest BCUT2D eigenvalue weighted by atomic mass is 16.6. The third-order valence-corrected chi connectivity index (χ3v) is 9.54. The van der Waals surface area contributed by atoms with Gasteiger partial charge < -0.3 is 24.6 Å². The molecular formula is C24H31NO4. The van der Waals surface area contributed by atoms with Crippen LogP contribution in [0.25, 0.3) is 0 Å². The maximum atomic E-state index is 11.5. The summed E-state index contributed by atoms with van der Waals surface area (Å²) in [4.78, 5) is 2.50. The number of likely N-dealkylation sites (N-methyl/N-ethyl adjacent to an activating group) is 1. The topological polar surface area (TPSA) is 62.2 Å². The van der Waals surface area contributed by atoms with Crippen LogP contribution < -0.4 is 4.74 Å². The number of fused-ring (bicyclic) bond motifs is 1. The summed E-state index contributed by atoms with van der Waals surface area (Å²) in [5.74, 6) is 0.812. The van der Waals surface area contributed by atoms with Gasteiger partial charge in [-0.1, -0.05) is 25.1 Å². The van der Waals surface area contributed by atoms with Crippen molar-refractivity contribution in [1.29, 1.82) is 0 Å². The molecule has 1 saturated heterocycles. The first kappa shape index (κ1) is 18.2. The fourth-order valence-electron chi connectivity index (χ4n) is 8.01. The predicted octanol–water partition coefficient (Wildman–Crippen LogP) is 2.77. The van der Waals surface area contributed by atoms with Gasteiger partial charge in [-0.15, -0.1) is 0 Å². The molecule has 4 aliphatic carbocycles. The first-order chi connectivity index (χ1) is 13.8. The van der Waals surface area contributed by atoms with Crippen molar-refractivity contribution >= 4 is 0 Å². The standard InChI is InChI=1S/C24H31NO4/c1-5-21(2,27)16-13-22-8-9-24(16,28-4)20-23(22)10-11-25(3)17(22)12-14-6-7-15(26)19(29-20)18(14)23/h6-9,16-17,20,26-27H,5,10-13H2,1-4H3/t16?,17-,20-,21-,22-,23+,24-/m1/s1. The van der Waals surface area contributed by atoms with E-state index < -0.39 is 11.2 Å². The van der Waals surface area contributed by atoms with Gasteiger partial charge in [-0.2, -0.15) is 0 Å². The lowest BCUT2D eigenvalue weighted by Gasteiger charge is -2.72. The Hall–Kier alpha value is -1.56. The second-order valence-corrected chi connectivity index (χ2v) is 10.3. The van der Waals surface area contributed by atoms with E-state index in [4.69, 9.17) is 9.47 Å². The molecule has 6 aliphatic rings. The average Bonchev–Trinajstić information content (AvgIpc) is 3.09. The van der Waals surface area contributed by atoms with Crippen molar-refractivity contribution in [3.8, 4) is 11.5 Å². The minimum atomic E-state index is -0.858. The summed E-state index contributed by atoms with van der Waals surface area (Å²) in [6.07, 6.45) is 7.83. The predicted molar refractivity (Wildman–Crippen MR) is 109 cm³/mol. The number of methoxy groups -OCH3 is 1. The van der Waals surface area contributed by atoms with E-state index in [2.05, 4.69) is 30.2 Å².